The lowest BCUT2D eigenvalue weighted by atomic mass is 10.1. The molecule has 0 aromatic heterocycles. The highest BCUT2D eigenvalue weighted by atomic mass is 32.2. The summed E-state index contributed by atoms with van der Waals surface area (Å²) in [6.45, 7) is 0. The quantitative estimate of drug-likeness (QED) is 0.815. The van der Waals surface area contributed by atoms with Gasteiger partial charge in [0.15, 0.2) is 0 Å². The number of halogens is 1. The number of benzene rings is 1. The van der Waals surface area contributed by atoms with Crippen molar-refractivity contribution in [3.05, 3.63) is 29.6 Å². The summed E-state index contributed by atoms with van der Waals surface area (Å²) in [4.78, 5) is 35.1. The Morgan fingerprint density at radius 1 is 1.28 bits per heavy atom. The Labute approximate surface area is 106 Å². The molecule has 2 amide bonds. The molecule has 1 aromatic rings. The molecule has 1 heterocycles. The molecule has 1 aromatic carbocycles. The monoisotopic (exact) mass is 269 g/mol. The van der Waals surface area contributed by atoms with Crippen molar-refractivity contribution < 1.29 is 23.9 Å². The van der Waals surface area contributed by atoms with Crippen LogP contribution in [-0.4, -0.2) is 34.4 Å². The Morgan fingerprint density at radius 3 is 2.44 bits per heavy atom. The van der Waals surface area contributed by atoms with E-state index in [0.29, 0.717) is 0 Å². The zero-order valence-corrected chi connectivity index (χ0v) is 9.87. The van der Waals surface area contributed by atoms with Gasteiger partial charge in [-0.15, -0.1) is 11.8 Å². The normalized spacial score (nSPS) is 15.9. The highest BCUT2D eigenvalue weighted by Crippen LogP contribution is 2.26. The van der Waals surface area contributed by atoms with Crippen LogP contribution < -0.4 is 4.90 Å². The number of imide groups is 1. The van der Waals surface area contributed by atoms with E-state index >= 15 is 0 Å². The van der Waals surface area contributed by atoms with Gasteiger partial charge in [-0.25, -0.2) is 14.1 Å². The van der Waals surface area contributed by atoms with E-state index in [1.165, 1.54) is 0 Å². The van der Waals surface area contributed by atoms with E-state index in [2.05, 4.69) is 0 Å². The largest absolute Gasteiger partial charge is 0.478 e. The number of anilines is 1. The van der Waals surface area contributed by atoms with Crippen LogP contribution in [0, 0.1) is 5.82 Å². The van der Waals surface area contributed by atoms with E-state index in [4.69, 9.17) is 5.11 Å². The summed E-state index contributed by atoms with van der Waals surface area (Å²) in [5, 5.41) is 8.98. The summed E-state index contributed by atoms with van der Waals surface area (Å²) < 4.78 is 13.2. The van der Waals surface area contributed by atoms with Gasteiger partial charge in [-0.2, -0.15) is 0 Å². The van der Waals surface area contributed by atoms with Gasteiger partial charge in [0.2, 0.25) is 11.8 Å². The summed E-state index contributed by atoms with van der Waals surface area (Å²) in [7, 11) is 0. The van der Waals surface area contributed by atoms with Gasteiger partial charge in [0, 0.05) is 0 Å². The molecule has 1 fully saturated rings. The molecule has 7 heteroatoms. The Hall–Kier alpha value is -1.89. The lowest BCUT2D eigenvalue weighted by Gasteiger charge is -2.25. The number of hydrogen-bond donors (Lipinski definition) is 1. The Balaban J connectivity index is 2.54. The number of carbonyl (C=O) groups excluding carboxylic acids is 2. The van der Waals surface area contributed by atoms with E-state index < -0.39 is 23.6 Å². The number of thioether (sulfide) groups is 1. The second kappa shape index (κ2) is 4.77. The number of amides is 2. The molecule has 1 saturated heterocycles. The van der Waals surface area contributed by atoms with Crippen LogP contribution in [0.3, 0.4) is 0 Å². The van der Waals surface area contributed by atoms with Gasteiger partial charge < -0.3 is 5.11 Å². The molecule has 0 unspecified atom stereocenters. The van der Waals surface area contributed by atoms with Crippen molar-refractivity contribution in [1.29, 1.82) is 0 Å². The minimum absolute atomic E-state index is 0.0707. The number of carboxylic acids is 1. The molecule has 5 nitrogen and oxygen atoms in total. The molecule has 0 radical (unpaired) electrons. The predicted molar refractivity (Wildman–Crippen MR) is 63.2 cm³/mol. The fourth-order valence-corrected chi connectivity index (χ4v) is 2.34. The number of nitrogens with zero attached hydrogens (tertiary/aromatic N) is 1. The van der Waals surface area contributed by atoms with Crippen molar-refractivity contribution in [1.82, 2.24) is 0 Å². The van der Waals surface area contributed by atoms with E-state index in [0.717, 1.165) is 34.9 Å². The zero-order valence-electron chi connectivity index (χ0n) is 9.05. The molecule has 1 N–H and O–H groups in total. The Kier molecular flexibility index (Phi) is 3.33. The highest BCUT2D eigenvalue weighted by molar-refractivity contribution is 8.00. The van der Waals surface area contributed by atoms with Crippen LogP contribution >= 0.6 is 11.8 Å². The minimum atomic E-state index is -1.32. The first-order chi connectivity index (χ1) is 8.50. The third kappa shape index (κ3) is 2.21. The molecular weight excluding hydrogens is 261 g/mol. The van der Waals surface area contributed by atoms with Crippen molar-refractivity contribution in [2.75, 3.05) is 16.4 Å². The summed E-state index contributed by atoms with van der Waals surface area (Å²) in [6, 6.07) is 2.89. The lowest BCUT2D eigenvalue weighted by Crippen LogP contribution is -2.43. The van der Waals surface area contributed by atoms with Gasteiger partial charge in [0.05, 0.1) is 22.8 Å². The molecule has 0 bridgehead atoms. The van der Waals surface area contributed by atoms with Crippen molar-refractivity contribution in [3.63, 3.8) is 0 Å². The smallest absolute Gasteiger partial charge is 0.337 e. The fraction of sp³-hybridized carbons (Fsp3) is 0.182. The molecule has 1 aliphatic heterocycles. The zero-order chi connectivity index (χ0) is 13.3. The molecule has 0 atom stereocenters. The number of carboxylic acid groups (broad SMARTS) is 1. The number of carbonyl (C=O) groups is 3. The standard InChI is InChI=1S/C11H8FNO4S/c12-6-1-2-7(11(16)17)8(3-6)13-9(14)4-18-5-10(13)15/h1-3H,4-5H2,(H,16,17). The summed E-state index contributed by atoms with van der Waals surface area (Å²) in [6.07, 6.45) is 0. The number of hydrogen-bond acceptors (Lipinski definition) is 4. The number of rotatable bonds is 2. The van der Waals surface area contributed by atoms with Crippen molar-refractivity contribution in [3.8, 4) is 0 Å². The SMILES string of the molecule is O=C(O)c1ccc(F)cc1N1C(=O)CSCC1=O. The van der Waals surface area contributed by atoms with Gasteiger partial charge in [-0.05, 0) is 18.2 Å². The third-order valence-electron chi connectivity index (χ3n) is 2.38. The van der Waals surface area contributed by atoms with Gasteiger partial charge in [0.1, 0.15) is 5.82 Å². The lowest BCUT2D eigenvalue weighted by molar-refractivity contribution is -0.124. The fourth-order valence-electron chi connectivity index (χ4n) is 1.63. The van der Waals surface area contributed by atoms with Crippen LogP contribution in [0.1, 0.15) is 10.4 Å². The average molecular weight is 269 g/mol. The molecular formula is C11H8FNO4S. The topological polar surface area (TPSA) is 74.7 Å². The van der Waals surface area contributed by atoms with Crippen molar-refractivity contribution in [2.24, 2.45) is 0 Å². The van der Waals surface area contributed by atoms with Crippen LogP contribution in [0.4, 0.5) is 10.1 Å². The molecule has 2 rings (SSSR count). The van der Waals surface area contributed by atoms with Crippen LogP contribution in [0.2, 0.25) is 0 Å². The van der Waals surface area contributed by atoms with Crippen LogP contribution in [0.15, 0.2) is 18.2 Å². The van der Waals surface area contributed by atoms with Crippen LogP contribution in [0.25, 0.3) is 0 Å². The average Bonchev–Trinajstić information content (AvgIpc) is 2.28. The summed E-state index contributed by atoms with van der Waals surface area (Å²) in [5.74, 6) is -2.95. The summed E-state index contributed by atoms with van der Waals surface area (Å²) in [5.41, 5.74) is -0.484. The van der Waals surface area contributed by atoms with Crippen molar-refractivity contribution >= 4 is 35.2 Å². The Bertz CT molecular complexity index is 530. The first kappa shape index (κ1) is 12.6. The molecule has 1 aliphatic rings. The first-order valence-electron chi connectivity index (χ1n) is 4.97. The Morgan fingerprint density at radius 2 is 1.89 bits per heavy atom. The maximum atomic E-state index is 13.2. The van der Waals surface area contributed by atoms with Gasteiger partial charge in [0.25, 0.3) is 0 Å². The van der Waals surface area contributed by atoms with Crippen LogP contribution in [-0.2, 0) is 9.59 Å². The maximum Gasteiger partial charge on any atom is 0.337 e. The van der Waals surface area contributed by atoms with Crippen molar-refractivity contribution in [2.45, 2.75) is 0 Å². The van der Waals surface area contributed by atoms with Crippen LogP contribution in [0.5, 0.6) is 0 Å². The summed E-state index contributed by atoms with van der Waals surface area (Å²) >= 11 is 1.15. The second-order valence-corrected chi connectivity index (χ2v) is 4.57. The molecule has 94 valence electrons. The van der Waals surface area contributed by atoms with E-state index in [1.54, 1.807) is 0 Å². The van der Waals surface area contributed by atoms with E-state index in [9.17, 15) is 18.8 Å². The minimum Gasteiger partial charge on any atom is -0.478 e. The maximum absolute atomic E-state index is 13.2. The predicted octanol–water partition coefficient (Wildman–Crippen LogP) is 1.13. The molecule has 0 aliphatic carbocycles. The molecule has 0 spiro atoms. The van der Waals surface area contributed by atoms with Gasteiger partial charge in [-0.1, -0.05) is 0 Å². The van der Waals surface area contributed by atoms with E-state index in [1.807, 2.05) is 0 Å². The second-order valence-electron chi connectivity index (χ2n) is 3.58. The molecule has 0 saturated carbocycles. The molecule has 18 heavy (non-hydrogen) atoms. The third-order valence-corrected chi connectivity index (χ3v) is 3.28. The number of aromatic carboxylic acids is 1. The van der Waals surface area contributed by atoms with Gasteiger partial charge in [-0.3, -0.25) is 9.59 Å². The van der Waals surface area contributed by atoms with E-state index in [-0.39, 0.29) is 22.8 Å². The highest BCUT2D eigenvalue weighted by Gasteiger charge is 2.31. The van der Waals surface area contributed by atoms with Gasteiger partial charge >= 0.3 is 5.97 Å². The first-order valence-corrected chi connectivity index (χ1v) is 6.12.